The van der Waals surface area contributed by atoms with Crippen molar-refractivity contribution in [1.82, 2.24) is 30.6 Å². The number of aryl methyl sites for hydroxylation is 1. The van der Waals surface area contributed by atoms with Crippen LogP contribution in [0.4, 0.5) is 0 Å². The normalized spacial score (nSPS) is 10.9. The maximum Gasteiger partial charge on any atom is 0.290 e. The van der Waals surface area contributed by atoms with Crippen molar-refractivity contribution < 1.29 is 9.59 Å². The molecule has 0 bridgehead atoms. The fourth-order valence-corrected chi connectivity index (χ4v) is 3.87. The van der Waals surface area contributed by atoms with Crippen molar-refractivity contribution in [2.45, 2.75) is 12.8 Å². The molecule has 0 radical (unpaired) electrons. The second kappa shape index (κ2) is 8.99. The van der Waals surface area contributed by atoms with Crippen LogP contribution in [-0.4, -0.2) is 31.6 Å². The highest BCUT2D eigenvalue weighted by molar-refractivity contribution is 6.05. The van der Waals surface area contributed by atoms with Gasteiger partial charge in [-0.05, 0) is 30.3 Å². The van der Waals surface area contributed by atoms with Crippen molar-refractivity contribution >= 4 is 33.6 Å². The Morgan fingerprint density at radius 3 is 2.38 bits per heavy atom. The molecule has 2 heterocycles. The number of hydrogen-bond acceptors (Lipinski definition) is 5. The average molecular weight is 452 g/mol. The minimum absolute atomic E-state index is 0.0152. The third-order valence-corrected chi connectivity index (χ3v) is 5.45. The van der Waals surface area contributed by atoms with E-state index >= 15 is 0 Å². The Labute approximate surface area is 193 Å². The lowest BCUT2D eigenvalue weighted by atomic mass is 10.1. The fraction of sp³-hybridized carbons (Fsp3) is 0.0800. The number of imidazole rings is 1. The molecule has 2 amide bonds. The van der Waals surface area contributed by atoms with E-state index in [2.05, 4.69) is 21.0 Å². The van der Waals surface area contributed by atoms with Gasteiger partial charge in [0.2, 0.25) is 5.91 Å². The van der Waals surface area contributed by atoms with E-state index < -0.39 is 11.5 Å². The number of H-pyrrole nitrogens is 1. The molecule has 5 rings (SSSR count). The number of carbonyl (C=O) groups excluding carboxylic acids is 2. The number of nitrogens with one attached hydrogen (secondary N) is 3. The number of fused-ring (bicyclic) bond motifs is 2. The molecular weight excluding hydrogens is 432 g/mol. The van der Waals surface area contributed by atoms with Crippen LogP contribution in [0, 0.1) is 0 Å². The van der Waals surface area contributed by atoms with Crippen molar-refractivity contribution in [2.24, 2.45) is 0 Å². The maximum atomic E-state index is 12.6. The van der Waals surface area contributed by atoms with Crippen LogP contribution in [-0.2, 0) is 11.2 Å². The standard InChI is InChI=1S/C25H20N6O3/c32-22(27-30-25(34)23-17-10-4-5-11-18(17)24(33)29-28-23)15-14-21-26-19-12-6-7-13-20(19)31(21)16-8-2-1-3-9-16/h1-13H,14-15H2,(H,27,32)(H,29,33)(H,30,34). The topological polar surface area (TPSA) is 122 Å². The van der Waals surface area contributed by atoms with E-state index in [0.29, 0.717) is 17.2 Å². The van der Waals surface area contributed by atoms with Gasteiger partial charge < -0.3 is 0 Å². The summed E-state index contributed by atoms with van der Waals surface area (Å²) in [5.41, 5.74) is 7.15. The Balaban J connectivity index is 1.29. The van der Waals surface area contributed by atoms with Crippen molar-refractivity contribution in [3.8, 4) is 5.69 Å². The predicted molar refractivity (Wildman–Crippen MR) is 127 cm³/mol. The Hall–Kier alpha value is -4.79. The lowest BCUT2D eigenvalue weighted by molar-refractivity contribution is -0.121. The van der Waals surface area contributed by atoms with Gasteiger partial charge in [-0.25, -0.2) is 10.1 Å². The van der Waals surface area contributed by atoms with Crippen LogP contribution in [0.2, 0.25) is 0 Å². The van der Waals surface area contributed by atoms with Crippen LogP contribution in [0.5, 0.6) is 0 Å². The van der Waals surface area contributed by atoms with Crippen LogP contribution in [0.3, 0.4) is 0 Å². The molecule has 34 heavy (non-hydrogen) atoms. The van der Waals surface area contributed by atoms with Crippen LogP contribution < -0.4 is 16.4 Å². The molecule has 0 aliphatic carbocycles. The van der Waals surface area contributed by atoms with Gasteiger partial charge in [0.1, 0.15) is 5.82 Å². The minimum atomic E-state index is -0.627. The number of para-hydroxylation sites is 3. The van der Waals surface area contributed by atoms with Gasteiger partial charge in [-0.2, -0.15) is 5.10 Å². The van der Waals surface area contributed by atoms with Crippen LogP contribution in [0.15, 0.2) is 83.7 Å². The summed E-state index contributed by atoms with van der Waals surface area (Å²) >= 11 is 0. The molecule has 0 saturated carbocycles. The molecule has 5 aromatic rings. The molecule has 0 spiro atoms. The average Bonchev–Trinajstić information content (AvgIpc) is 3.25. The number of benzene rings is 3. The summed E-state index contributed by atoms with van der Waals surface area (Å²) in [7, 11) is 0. The SMILES string of the molecule is O=C(CCc1nc2ccccc2n1-c1ccccc1)NNC(=O)c1n[nH]c(=O)c2ccccc12. The molecule has 3 N–H and O–H groups in total. The number of carbonyl (C=O) groups is 2. The second-order valence-electron chi connectivity index (χ2n) is 7.64. The zero-order chi connectivity index (χ0) is 23.5. The highest BCUT2D eigenvalue weighted by Gasteiger charge is 2.16. The van der Waals surface area contributed by atoms with Gasteiger partial charge in [-0.3, -0.25) is 29.8 Å². The van der Waals surface area contributed by atoms with Gasteiger partial charge in [0.25, 0.3) is 11.5 Å². The molecule has 0 atom stereocenters. The molecule has 168 valence electrons. The first kappa shape index (κ1) is 21.1. The smallest absolute Gasteiger partial charge is 0.290 e. The molecule has 0 unspecified atom stereocenters. The van der Waals surface area contributed by atoms with Gasteiger partial charge in [0.05, 0.1) is 16.4 Å². The van der Waals surface area contributed by atoms with Crippen molar-refractivity contribution in [2.75, 3.05) is 0 Å². The monoisotopic (exact) mass is 452 g/mol. The Bertz CT molecular complexity index is 1570. The van der Waals surface area contributed by atoms with Gasteiger partial charge in [-0.1, -0.05) is 48.5 Å². The van der Waals surface area contributed by atoms with Crippen molar-refractivity contribution in [3.05, 3.63) is 101 Å². The maximum absolute atomic E-state index is 12.6. The summed E-state index contributed by atoms with van der Waals surface area (Å²) in [5.74, 6) is -0.270. The number of hydrazine groups is 1. The molecule has 0 aliphatic rings. The number of aromatic nitrogens is 4. The Morgan fingerprint density at radius 1 is 0.853 bits per heavy atom. The Morgan fingerprint density at radius 2 is 1.56 bits per heavy atom. The van der Waals surface area contributed by atoms with Gasteiger partial charge >= 0.3 is 0 Å². The zero-order valence-electron chi connectivity index (χ0n) is 18.0. The molecule has 0 aliphatic heterocycles. The number of aromatic amines is 1. The van der Waals surface area contributed by atoms with Crippen molar-refractivity contribution in [3.63, 3.8) is 0 Å². The third kappa shape index (κ3) is 4.02. The first-order chi connectivity index (χ1) is 16.6. The van der Waals surface area contributed by atoms with E-state index in [1.54, 1.807) is 24.3 Å². The molecular formula is C25H20N6O3. The number of rotatable bonds is 5. The molecule has 0 fully saturated rings. The lowest BCUT2D eigenvalue weighted by Crippen LogP contribution is -2.42. The predicted octanol–water partition coefficient (Wildman–Crippen LogP) is 2.66. The van der Waals surface area contributed by atoms with E-state index in [1.165, 1.54) is 0 Å². The molecule has 3 aromatic carbocycles. The number of hydrogen-bond donors (Lipinski definition) is 3. The quantitative estimate of drug-likeness (QED) is 0.354. The van der Waals surface area contributed by atoms with E-state index in [4.69, 9.17) is 4.98 Å². The van der Waals surface area contributed by atoms with E-state index in [-0.39, 0.29) is 18.0 Å². The van der Waals surface area contributed by atoms with Gasteiger partial charge in [0, 0.05) is 23.9 Å². The lowest BCUT2D eigenvalue weighted by Gasteiger charge is -2.10. The highest BCUT2D eigenvalue weighted by atomic mass is 16.2. The minimum Gasteiger partial charge on any atom is -0.296 e. The van der Waals surface area contributed by atoms with E-state index in [9.17, 15) is 14.4 Å². The summed E-state index contributed by atoms with van der Waals surface area (Å²) in [6, 6.07) is 24.2. The Kier molecular flexibility index (Phi) is 5.57. The van der Waals surface area contributed by atoms with Gasteiger partial charge in [-0.15, -0.1) is 0 Å². The number of nitrogens with zero attached hydrogens (tertiary/aromatic N) is 3. The first-order valence-corrected chi connectivity index (χ1v) is 10.7. The molecule has 9 heteroatoms. The number of amides is 2. The molecule has 9 nitrogen and oxygen atoms in total. The summed E-state index contributed by atoms with van der Waals surface area (Å²) in [5, 5.41) is 6.87. The highest BCUT2D eigenvalue weighted by Crippen LogP contribution is 2.22. The summed E-state index contributed by atoms with van der Waals surface area (Å²) in [4.78, 5) is 41.7. The first-order valence-electron chi connectivity index (χ1n) is 10.7. The van der Waals surface area contributed by atoms with E-state index in [1.807, 2.05) is 59.2 Å². The zero-order valence-corrected chi connectivity index (χ0v) is 18.0. The van der Waals surface area contributed by atoms with E-state index in [0.717, 1.165) is 22.5 Å². The third-order valence-electron chi connectivity index (χ3n) is 5.45. The summed E-state index contributed by atoms with van der Waals surface area (Å²) in [6.45, 7) is 0. The summed E-state index contributed by atoms with van der Waals surface area (Å²) in [6.07, 6.45) is 0.474. The summed E-state index contributed by atoms with van der Waals surface area (Å²) < 4.78 is 2.03. The van der Waals surface area contributed by atoms with Crippen LogP contribution in [0.25, 0.3) is 27.5 Å². The second-order valence-corrected chi connectivity index (χ2v) is 7.64. The van der Waals surface area contributed by atoms with Gasteiger partial charge in [0.15, 0.2) is 5.69 Å². The fourth-order valence-electron chi connectivity index (χ4n) is 3.87. The van der Waals surface area contributed by atoms with Crippen LogP contribution in [0.1, 0.15) is 22.7 Å². The molecule has 0 saturated heterocycles. The molecule has 2 aromatic heterocycles. The van der Waals surface area contributed by atoms with Crippen molar-refractivity contribution in [1.29, 1.82) is 0 Å². The van der Waals surface area contributed by atoms with Crippen LogP contribution >= 0.6 is 0 Å². The largest absolute Gasteiger partial charge is 0.296 e.